The lowest BCUT2D eigenvalue weighted by molar-refractivity contribution is -0.137. The Hall–Kier alpha value is -4.82. The third-order valence-corrected chi connectivity index (χ3v) is 7.64. The first-order valence-electron chi connectivity index (χ1n) is 13.7. The van der Waals surface area contributed by atoms with Gasteiger partial charge in [-0.25, -0.2) is 9.37 Å². The van der Waals surface area contributed by atoms with E-state index in [2.05, 4.69) is 21.7 Å². The third-order valence-electron chi connectivity index (χ3n) is 7.64. The summed E-state index contributed by atoms with van der Waals surface area (Å²) in [6.45, 7) is 5.64. The van der Waals surface area contributed by atoms with Crippen molar-refractivity contribution < 1.29 is 36.5 Å². The third kappa shape index (κ3) is 5.85. The number of aryl methyl sites for hydroxylation is 1. The smallest absolute Gasteiger partial charge is 0.361 e. The van der Waals surface area contributed by atoms with Crippen LogP contribution in [0.2, 0.25) is 0 Å². The summed E-state index contributed by atoms with van der Waals surface area (Å²) in [5.41, 5.74) is -0.773. The van der Waals surface area contributed by atoms with Crippen molar-refractivity contribution in [2.45, 2.75) is 44.4 Å². The van der Waals surface area contributed by atoms with Crippen LogP contribution in [0.15, 0.2) is 47.5 Å². The first-order chi connectivity index (χ1) is 20.8. The Balaban J connectivity index is 1.36. The second kappa shape index (κ2) is 11.7. The SMILES string of the molecule is C=CC(=O)N1CC(c2noc(CN(C)c3c(F)cccc3N(C)C(=O)C3CCC(=O)N3c3cc(C(F)(F)F)cc(C)n3)n2)C1. The quantitative estimate of drug-likeness (QED) is 0.277. The molecule has 0 N–H and O–H groups in total. The largest absolute Gasteiger partial charge is 0.416 e. The second-order valence-electron chi connectivity index (χ2n) is 10.7. The van der Waals surface area contributed by atoms with Crippen LogP contribution in [-0.4, -0.2) is 71.0 Å². The number of hydrogen-bond donors (Lipinski definition) is 0. The molecule has 0 radical (unpaired) electrons. The van der Waals surface area contributed by atoms with Gasteiger partial charge in [0.1, 0.15) is 17.7 Å². The summed E-state index contributed by atoms with van der Waals surface area (Å²) in [6.07, 6.45) is -3.48. The molecular formula is C29H29F4N7O4. The van der Waals surface area contributed by atoms with Gasteiger partial charge in [-0.15, -0.1) is 0 Å². The molecule has 3 amide bonds. The van der Waals surface area contributed by atoms with Crippen molar-refractivity contribution in [1.82, 2.24) is 20.0 Å². The molecule has 11 nitrogen and oxygen atoms in total. The van der Waals surface area contributed by atoms with Gasteiger partial charge >= 0.3 is 6.18 Å². The van der Waals surface area contributed by atoms with Crippen LogP contribution in [0, 0.1) is 12.7 Å². The molecule has 3 aromatic rings. The highest BCUT2D eigenvalue weighted by Crippen LogP contribution is 2.37. The Morgan fingerprint density at radius 3 is 2.59 bits per heavy atom. The minimum atomic E-state index is -4.68. The lowest BCUT2D eigenvalue weighted by Crippen LogP contribution is -2.48. The van der Waals surface area contributed by atoms with E-state index < -0.39 is 35.4 Å². The number of para-hydroxylation sites is 1. The predicted molar refractivity (Wildman–Crippen MR) is 150 cm³/mol. The van der Waals surface area contributed by atoms with Crippen molar-refractivity contribution in [2.24, 2.45) is 0 Å². The van der Waals surface area contributed by atoms with Crippen LogP contribution in [-0.2, 0) is 27.1 Å². The van der Waals surface area contributed by atoms with E-state index in [0.717, 1.165) is 17.0 Å². The maximum Gasteiger partial charge on any atom is 0.416 e. The van der Waals surface area contributed by atoms with Gasteiger partial charge in [-0.2, -0.15) is 18.2 Å². The lowest BCUT2D eigenvalue weighted by Gasteiger charge is -2.36. The molecule has 2 fully saturated rings. The minimum absolute atomic E-state index is 0.0214. The molecule has 232 valence electrons. The number of likely N-dealkylation sites (N-methyl/N-ethyl adjacent to an activating group) is 1. The van der Waals surface area contributed by atoms with Gasteiger partial charge in [-0.1, -0.05) is 17.8 Å². The van der Waals surface area contributed by atoms with Crippen molar-refractivity contribution in [3.63, 3.8) is 0 Å². The fourth-order valence-corrected chi connectivity index (χ4v) is 5.37. The fourth-order valence-electron chi connectivity index (χ4n) is 5.37. The highest BCUT2D eigenvalue weighted by atomic mass is 19.4. The molecule has 1 aromatic carbocycles. The number of hydrogen-bond acceptors (Lipinski definition) is 8. The normalized spacial score (nSPS) is 17.1. The van der Waals surface area contributed by atoms with Gasteiger partial charge in [0.2, 0.25) is 23.6 Å². The van der Waals surface area contributed by atoms with Crippen molar-refractivity contribution in [2.75, 3.05) is 41.9 Å². The molecular weight excluding hydrogens is 586 g/mol. The molecule has 0 aliphatic carbocycles. The number of rotatable bonds is 8. The molecule has 44 heavy (non-hydrogen) atoms. The van der Waals surface area contributed by atoms with E-state index in [1.807, 2.05) is 0 Å². The van der Waals surface area contributed by atoms with E-state index in [0.29, 0.717) is 18.9 Å². The summed E-state index contributed by atoms with van der Waals surface area (Å²) >= 11 is 0. The van der Waals surface area contributed by atoms with Crippen LogP contribution in [0.4, 0.5) is 34.8 Å². The molecule has 4 heterocycles. The average molecular weight is 616 g/mol. The minimum Gasteiger partial charge on any atom is -0.361 e. The Labute approximate surface area is 249 Å². The number of carbonyl (C=O) groups is 3. The van der Waals surface area contributed by atoms with E-state index in [1.165, 1.54) is 48.0 Å². The summed E-state index contributed by atoms with van der Waals surface area (Å²) in [4.78, 5) is 52.0. The van der Waals surface area contributed by atoms with Crippen LogP contribution >= 0.6 is 0 Å². The molecule has 2 aliphatic heterocycles. The first kappa shape index (κ1) is 30.6. The maximum atomic E-state index is 15.3. The van der Waals surface area contributed by atoms with Crippen LogP contribution in [0.3, 0.4) is 0 Å². The van der Waals surface area contributed by atoms with Crippen LogP contribution in [0.5, 0.6) is 0 Å². The fraction of sp³-hybridized carbons (Fsp3) is 0.379. The molecule has 2 saturated heterocycles. The summed E-state index contributed by atoms with van der Waals surface area (Å²) in [7, 11) is 2.97. The molecule has 2 aliphatic rings. The summed E-state index contributed by atoms with van der Waals surface area (Å²) < 4.78 is 61.1. The van der Waals surface area contributed by atoms with E-state index in [4.69, 9.17) is 4.52 Å². The first-order valence-corrected chi connectivity index (χ1v) is 13.7. The molecule has 0 bridgehead atoms. The van der Waals surface area contributed by atoms with Crippen LogP contribution in [0.25, 0.3) is 0 Å². The van der Waals surface area contributed by atoms with E-state index in [-0.39, 0.29) is 60.0 Å². The Morgan fingerprint density at radius 1 is 1.18 bits per heavy atom. The van der Waals surface area contributed by atoms with Crippen LogP contribution in [0.1, 0.15) is 41.7 Å². The number of halogens is 4. The van der Waals surface area contributed by atoms with Crippen molar-refractivity contribution in [1.29, 1.82) is 0 Å². The number of aromatic nitrogens is 3. The molecule has 1 unspecified atom stereocenters. The maximum absolute atomic E-state index is 15.3. The number of alkyl halides is 3. The number of pyridine rings is 1. The molecule has 5 rings (SSSR count). The van der Waals surface area contributed by atoms with Gasteiger partial charge in [0.15, 0.2) is 5.82 Å². The number of carbonyl (C=O) groups excluding carboxylic acids is 3. The van der Waals surface area contributed by atoms with Gasteiger partial charge in [-0.05, 0) is 43.7 Å². The molecule has 1 atom stereocenters. The number of likely N-dealkylation sites (tertiary alicyclic amines) is 1. The zero-order valence-electron chi connectivity index (χ0n) is 24.1. The van der Waals surface area contributed by atoms with Gasteiger partial charge in [0.05, 0.1) is 29.4 Å². The van der Waals surface area contributed by atoms with Gasteiger partial charge in [0, 0.05) is 39.3 Å². The van der Waals surface area contributed by atoms with Crippen molar-refractivity contribution in [3.05, 3.63) is 71.8 Å². The number of anilines is 3. The van der Waals surface area contributed by atoms with Gasteiger partial charge in [-0.3, -0.25) is 19.3 Å². The Kier molecular flexibility index (Phi) is 8.14. The highest BCUT2D eigenvalue weighted by Gasteiger charge is 2.42. The number of nitrogens with zero attached hydrogens (tertiary/aromatic N) is 7. The zero-order valence-corrected chi connectivity index (χ0v) is 24.1. The molecule has 0 saturated carbocycles. The average Bonchev–Trinajstić information content (AvgIpc) is 3.56. The lowest BCUT2D eigenvalue weighted by atomic mass is 9.99. The number of amides is 3. The second-order valence-corrected chi connectivity index (χ2v) is 10.7. The van der Waals surface area contributed by atoms with Crippen LogP contribution < -0.4 is 14.7 Å². The predicted octanol–water partition coefficient (Wildman–Crippen LogP) is 3.84. The molecule has 15 heteroatoms. The van der Waals surface area contributed by atoms with Crippen molar-refractivity contribution >= 4 is 34.9 Å². The highest BCUT2D eigenvalue weighted by molar-refractivity contribution is 6.09. The van der Waals surface area contributed by atoms with Crippen molar-refractivity contribution in [3.8, 4) is 0 Å². The molecule has 2 aromatic heterocycles. The summed E-state index contributed by atoms with van der Waals surface area (Å²) in [6, 6.07) is 4.59. The van der Waals surface area contributed by atoms with Gasteiger partial charge < -0.3 is 19.2 Å². The zero-order chi connectivity index (χ0) is 31.9. The van der Waals surface area contributed by atoms with E-state index in [1.54, 1.807) is 11.9 Å². The standard InChI is InChI=1S/C29H29F4N7O4/c1-5-24(41)39-13-17(14-39)27-35-23(44-36-27)15-37(3)26-19(30)7-6-8-20(26)38(4)28(43)21-9-10-25(42)40(21)22-12-18(29(31,32)33)11-16(2)34-22/h5-8,11-12,17,21H,1,9-10,13-15H2,2-4H3. The number of benzene rings is 1. The molecule has 0 spiro atoms. The summed E-state index contributed by atoms with van der Waals surface area (Å²) in [5.74, 6) is -1.82. The Bertz CT molecular complexity index is 1620. The topological polar surface area (TPSA) is 116 Å². The Morgan fingerprint density at radius 2 is 1.91 bits per heavy atom. The van der Waals surface area contributed by atoms with E-state index in [9.17, 15) is 27.6 Å². The monoisotopic (exact) mass is 615 g/mol. The summed E-state index contributed by atoms with van der Waals surface area (Å²) in [5, 5.41) is 3.99. The van der Waals surface area contributed by atoms with Gasteiger partial charge in [0.25, 0.3) is 0 Å². The van der Waals surface area contributed by atoms with E-state index >= 15 is 4.39 Å².